The predicted octanol–water partition coefficient (Wildman–Crippen LogP) is 1.46. The lowest BCUT2D eigenvalue weighted by atomic mass is 10.1. The maximum absolute atomic E-state index is 12.2. The summed E-state index contributed by atoms with van der Waals surface area (Å²) >= 11 is 0. The molecule has 0 spiro atoms. The Morgan fingerprint density at radius 2 is 2.22 bits per heavy atom. The zero-order valence-corrected chi connectivity index (χ0v) is 9.44. The van der Waals surface area contributed by atoms with E-state index in [-0.39, 0.29) is 29.0 Å². The second-order valence-electron chi connectivity index (χ2n) is 3.29. The van der Waals surface area contributed by atoms with E-state index in [4.69, 9.17) is 11.0 Å². The number of hydrogen-bond acceptors (Lipinski definition) is 5. The van der Waals surface area contributed by atoms with Crippen LogP contribution in [0, 0.1) is 11.3 Å². The lowest BCUT2D eigenvalue weighted by Crippen LogP contribution is -2.11. The quantitative estimate of drug-likeness (QED) is 0.651. The van der Waals surface area contributed by atoms with Gasteiger partial charge in [-0.15, -0.1) is 0 Å². The van der Waals surface area contributed by atoms with Crippen LogP contribution in [-0.4, -0.2) is 19.7 Å². The fourth-order valence-electron chi connectivity index (χ4n) is 1.34. The Balaban J connectivity index is 3.20. The first-order chi connectivity index (χ1) is 8.47. The van der Waals surface area contributed by atoms with Crippen molar-refractivity contribution in [3.8, 4) is 11.8 Å². The molecule has 0 aliphatic carbocycles. The van der Waals surface area contributed by atoms with Crippen LogP contribution < -0.4 is 10.5 Å². The first-order valence-corrected chi connectivity index (χ1v) is 4.82. The first-order valence-electron chi connectivity index (χ1n) is 4.82. The van der Waals surface area contributed by atoms with Gasteiger partial charge in [-0.2, -0.15) is 14.0 Å². The van der Waals surface area contributed by atoms with Crippen molar-refractivity contribution in [1.29, 1.82) is 5.26 Å². The molecule has 0 bridgehead atoms. The Labute approximate surface area is 102 Å². The van der Waals surface area contributed by atoms with Gasteiger partial charge in [0.2, 0.25) is 0 Å². The number of esters is 1. The summed E-state index contributed by atoms with van der Waals surface area (Å²) < 4.78 is 33.1. The van der Waals surface area contributed by atoms with E-state index >= 15 is 0 Å². The maximum Gasteiger partial charge on any atom is 0.387 e. The Bertz CT molecular complexity index is 498. The fraction of sp³-hybridized carbons (Fsp3) is 0.273. The second-order valence-corrected chi connectivity index (χ2v) is 3.29. The first kappa shape index (κ1) is 13.7. The molecule has 0 aliphatic heterocycles. The highest BCUT2D eigenvalue weighted by molar-refractivity contribution is 5.77. The molecule has 0 unspecified atom stereocenters. The summed E-state index contributed by atoms with van der Waals surface area (Å²) in [7, 11) is 1.16. The third-order valence-corrected chi connectivity index (χ3v) is 2.14. The molecule has 5 nitrogen and oxygen atoms in total. The zero-order chi connectivity index (χ0) is 13.7. The van der Waals surface area contributed by atoms with Crippen LogP contribution in [0.15, 0.2) is 12.1 Å². The van der Waals surface area contributed by atoms with Crippen LogP contribution in [0.4, 0.5) is 14.5 Å². The number of nitrogens with two attached hydrogens (primary N) is 1. The summed E-state index contributed by atoms with van der Waals surface area (Å²) in [5, 5.41) is 8.70. The Hall–Kier alpha value is -2.36. The highest BCUT2D eigenvalue weighted by Crippen LogP contribution is 2.28. The maximum atomic E-state index is 12.2. The molecule has 18 heavy (non-hydrogen) atoms. The standard InChI is InChI=1S/C11H10F2N2O3/c1-17-10(16)4-7-8(15)2-6(5-14)3-9(7)18-11(12)13/h2-3,11H,4,15H2,1H3. The van der Waals surface area contributed by atoms with Crippen molar-refractivity contribution in [3.63, 3.8) is 0 Å². The summed E-state index contributed by atoms with van der Waals surface area (Å²) in [5.74, 6) is -0.947. The molecule has 1 aromatic rings. The van der Waals surface area contributed by atoms with Crippen molar-refractivity contribution < 1.29 is 23.0 Å². The van der Waals surface area contributed by atoms with Crippen molar-refractivity contribution in [1.82, 2.24) is 0 Å². The molecule has 0 saturated carbocycles. The van der Waals surface area contributed by atoms with Gasteiger partial charge in [-0.05, 0) is 12.1 Å². The smallest absolute Gasteiger partial charge is 0.387 e. The van der Waals surface area contributed by atoms with Gasteiger partial charge < -0.3 is 15.2 Å². The van der Waals surface area contributed by atoms with Gasteiger partial charge in [0.25, 0.3) is 0 Å². The van der Waals surface area contributed by atoms with E-state index in [1.807, 2.05) is 0 Å². The highest BCUT2D eigenvalue weighted by atomic mass is 19.3. The van der Waals surface area contributed by atoms with E-state index in [0.29, 0.717) is 0 Å². The number of halogens is 2. The highest BCUT2D eigenvalue weighted by Gasteiger charge is 2.17. The summed E-state index contributed by atoms with van der Waals surface area (Å²) in [6.45, 7) is -3.07. The minimum atomic E-state index is -3.07. The van der Waals surface area contributed by atoms with Gasteiger partial charge in [0.15, 0.2) is 0 Å². The number of anilines is 1. The molecular formula is C11H10F2N2O3. The zero-order valence-electron chi connectivity index (χ0n) is 9.44. The number of alkyl halides is 2. The molecule has 96 valence electrons. The van der Waals surface area contributed by atoms with Gasteiger partial charge >= 0.3 is 12.6 Å². The third-order valence-electron chi connectivity index (χ3n) is 2.14. The minimum Gasteiger partial charge on any atom is -0.469 e. The number of hydrogen-bond donors (Lipinski definition) is 1. The lowest BCUT2D eigenvalue weighted by Gasteiger charge is -2.12. The topological polar surface area (TPSA) is 85.3 Å². The molecule has 0 aliphatic rings. The van der Waals surface area contributed by atoms with Crippen LogP contribution in [0.1, 0.15) is 11.1 Å². The van der Waals surface area contributed by atoms with Crippen LogP contribution in [0.2, 0.25) is 0 Å². The average molecular weight is 256 g/mol. The van der Waals surface area contributed by atoms with E-state index in [9.17, 15) is 13.6 Å². The molecule has 1 aromatic carbocycles. The van der Waals surface area contributed by atoms with E-state index < -0.39 is 12.6 Å². The monoisotopic (exact) mass is 256 g/mol. The third kappa shape index (κ3) is 3.31. The van der Waals surface area contributed by atoms with E-state index in [1.54, 1.807) is 6.07 Å². The van der Waals surface area contributed by atoms with E-state index in [0.717, 1.165) is 13.2 Å². The number of benzene rings is 1. The van der Waals surface area contributed by atoms with Crippen molar-refractivity contribution in [2.24, 2.45) is 0 Å². The number of nitriles is 1. The Morgan fingerprint density at radius 3 is 2.72 bits per heavy atom. The Kier molecular flexibility index (Phi) is 4.43. The number of ether oxygens (including phenoxy) is 2. The second kappa shape index (κ2) is 5.82. The molecule has 0 aromatic heterocycles. The number of methoxy groups -OCH3 is 1. The van der Waals surface area contributed by atoms with Crippen LogP contribution >= 0.6 is 0 Å². The molecule has 2 N–H and O–H groups in total. The van der Waals surface area contributed by atoms with Crippen molar-refractivity contribution in [3.05, 3.63) is 23.3 Å². The van der Waals surface area contributed by atoms with Gasteiger partial charge in [0.05, 0.1) is 25.2 Å². The number of nitrogen functional groups attached to an aromatic ring is 1. The number of rotatable bonds is 4. The molecule has 0 radical (unpaired) electrons. The molecule has 0 fully saturated rings. The fourth-order valence-corrected chi connectivity index (χ4v) is 1.34. The van der Waals surface area contributed by atoms with Gasteiger partial charge in [-0.25, -0.2) is 0 Å². The molecule has 0 atom stereocenters. The van der Waals surface area contributed by atoms with Gasteiger partial charge in [0, 0.05) is 11.3 Å². The summed E-state index contributed by atoms with van der Waals surface area (Å²) in [4.78, 5) is 11.1. The largest absolute Gasteiger partial charge is 0.469 e. The average Bonchev–Trinajstić information content (AvgIpc) is 2.32. The Morgan fingerprint density at radius 1 is 1.56 bits per heavy atom. The predicted molar refractivity (Wildman–Crippen MR) is 57.9 cm³/mol. The molecule has 0 heterocycles. The van der Waals surface area contributed by atoms with Crippen molar-refractivity contribution in [2.75, 3.05) is 12.8 Å². The molecule has 1 rings (SSSR count). The van der Waals surface area contributed by atoms with Gasteiger partial charge in [-0.1, -0.05) is 0 Å². The summed E-state index contributed by atoms with van der Waals surface area (Å²) in [5.41, 5.74) is 5.75. The van der Waals surface area contributed by atoms with Crippen LogP contribution in [0.3, 0.4) is 0 Å². The van der Waals surface area contributed by atoms with Crippen molar-refractivity contribution in [2.45, 2.75) is 13.0 Å². The molecule has 0 saturated heterocycles. The number of nitrogens with zero attached hydrogens (tertiary/aromatic N) is 1. The molecule has 0 amide bonds. The van der Waals surface area contributed by atoms with E-state index in [2.05, 4.69) is 9.47 Å². The minimum absolute atomic E-state index is 0.0232. The summed E-state index contributed by atoms with van der Waals surface area (Å²) in [6.07, 6.45) is -0.309. The number of carbonyl (C=O) groups excluding carboxylic acids is 1. The number of carbonyl (C=O) groups is 1. The van der Waals surface area contributed by atoms with E-state index in [1.165, 1.54) is 6.07 Å². The lowest BCUT2D eigenvalue weighted by molar-refractivity contribution is -0.139. The molecule has 7 heteroatoms. The SMILES string of the molecule is COC(=O)Cc1c(N)cc(C#N)cc1OC(F)F. The molecular weight excluding hydrogens is 246 g/mol. The van der Waals surface area contributed by atoms with Crippen LogP contribution in [0.25, 0.3) is 0 Å². The summed E-state index contributed by atoms with van der Waals surface area (Å²) in [6, 6.07) is 4.13. The van der Waals surface area contributed by atoms with Crippen molar-refractivity contribution >= 4 is 11.7 Å². The van der Waals surface area contributed by atoms with Gasteiger partial charge in [0.1, 0.15) is 5.75 Å². The van der Waals surface area contributed by atoms with Gasteiger partial charge in [-0.3, -0.25) is 4.79 Å². The van der Waals surface area contributed by atoms with Crippen LogP contribution in [0.5, 0.6) is 5.75 Å². The van der Waals surface area contributed by atoms with Crippen LogP contribution in [-0.2, 0) is 16.0 Å². The normalized spacial score (nSPS) is 9.94.